The van der Waals surface area contributed by atoms with Crippen LogP contribution < -0.4 is 0 Å². The maximum absolute atomic E-state index is 12.8. The lowest BCUT2D eigenvalue weighted by molar-refractivity contribution is -0.138. The maximum Gasteiger partial charge on any atom is 0.418 e. The van der Waals surface area contributed by atoms with Crippen molar-refractivity contribution >= 4 is 28.6 Å². The lowest BCUT2D eigenvalue weighted by atomic mass is 10.0. The summed E-state index contributed by atoms with van der Waals surface area (Å²) < 4.78 is 42.5. The van der Waals surface area contributed by atoms with Crippen molar-refractivity contribution in [1.29, 1.82) is 5.26 Å². The third-order valence-electron chi connectivity index (χ3n) is 1.95. The average molecular weight is 355 g/mol. The first-order valence-corrected chi connectivity index (χ1v) is 5.29. The molecule has 17 heavy (non-hydrogen) atoms. The Morgan fingerprint density at radius 2 is 2.06 bits per heavy atom. The highest BCUT2D eigenvalue weighted by molar-refractivity contribution is 14.1. The van der Waals surface area contributed by atoms with Gasteiger partial charge in [0.25, 0.3) is 0 Å². The van der Waals surface area contributed by atoms with E-state index in [0.29, 0.717) is 0 Å². The molecule has 0 aliphatic heterocycles. The van der Waals surface area contributed by atoms with Crippen molar-refractivity contribution in [2.24, 2.45) is 0 Å². The van der Waals surface area contributed by atoms with Gasteiger partial charge < -0.3 is 4.74 Å². The number of ether oxygens (including phenoxy) is 1. The van der Waals surface area contributed by atoms with Crippen LogP contribution in [0, 0.1) is 14.9 Å². The predicted molar refractivity (Wildman–Crippen MR) is 60.2 cm³/mol. The molecule has 7 heteroatoms. The summed E-state index contributed by atoms with van der Waals surface area (Å²) in [5.74, 6) is -1.17. The van der Waals surface area contributed by atoms with E-state index < -0.39 is 23.3 Å². The summed E-state index contributed by atoms with van der Waals surface area (Å²) in [5.41, 5.74) is -2.23. The van der Waals surface area contributed by atoms with Crippen LogP contribution in [0.1, 0.15) is 21.5 Å². The molecule has 0 saturated heterocycles. The number of esters is 1. The zero-order chi connectivity index (χ0) is 13.2. The molecule has 0 bridgehead atoms. The Bertz CT molecular complexity index is 505. The highest BCUT2D eigenvalue weighted by atomic mass is 127. The quantitative estimate of drug-likeness (QED) is 0.575. The predicted octanol–water partition coefficient (Wildman–Crippen LogP) is 2.97. The number of benzene rings is 1. The molecule has 1 rings (SSSR count). The number of hydrogen-bond donors (Lipinski definition) is 0. The van der Waals surface area contributed by atoms with Gasteiger partial charge in [0.2, 0.25) is 0 Å². The zero-order valence-corrected chi connectivity index (χ0v) is 10.6. The van der Waals surface area contributed by atoms with Gasteiger partial charge in [0.1, 0.15) is 6.07 Å². The van der Waals surface area contributed by atoms with Crippen LogP contribution >= 0.6 is 22.6 Å². The maximum atomic E-state index is 12.8. The highest BCUT2D eigenvalue weighted by Gasteiger charge is 2.39. The Balaban J connectivity index is 3.67. The van der Waals surface area contributed by atoms with Gasteiger partial charge in [-0.2, -0.15) is 18.4 Å². The topological polar surface area (TPSA) is 50.1 Å². The first-order valence-electron chi connectivity index (χ1n) is 4.21. The van der Waals surface area contributed by atoms with Gasteiger partial charge in [0, 0.05) is 3.57 Å². The Hall–Kier alpha value is -1.30. The molecule has 1 aromatic carbocycles. The number of nitrogens with zero attached hydrogens (tertiary/aromatic N) is 1. The minimum atomic E-state index is -4.72. The molecule has 0 heterocycles. The molecular weight excluding hydrogens is 350 g/mol. The number of halogens is 4. The smallest absolute Gasteiger partial charge is 0.418 e. The molecule has 0 atom stereocenters. The van der Waals surface area contributed by atoms with Crippen LogP contribution in [0.25, 0.3) is 0 Å². The van der Waals surface area contributed by atoms with Gasteiger partial charge in [-0.3, -0.25) is 0 Å². The summed E-state index contributed by atoms with van der Waals surface area (Å²) >= 11 is 1.46. The molecule has 0 spiro atoms. The molecule has 3 nitrogen and oxygen atoms in total. The Morgan fingerprint density at radius 1 is 1.47 bits per heavy atom. The second-order valence-corrected chi connectivity index (χ2v) is 4.11. The summed E-state index contributed by atoms with van der Waals surface area (Å²) in [6.45, 7) is 0. The van der Waals surface area contributed by atoms with Crippen LogP contribution in [-0.2, 0) is 10.9 Å². The summed E-state index contributed by atoms with van der Waals surface area (Å²) in [5, 5.41) is 8.72. The molecule has 0 radical (unpaired) electrons. The fourth-order valence-corrected chi connectivity index (χ4v) is 2.02. The molecule has 0 aliphatic rings. The summed E-state index contributed by atoms with van der Waals surface area (Å²) in [4.78, 5) is 11.3. The first-order chi connectivity index (χ1) is 7.82. The molecule has 1 aromatic rings. The number of carbonyl (C=O) groups is 1. The fraction of sp³-hybridized carbons (Fsp3) is 0.200. The Morgan fingerprint density at radius 3 is 2.47 bits per heavy atom. The number of rotatable bonds is 1. The SMILES string of the molecule is COC(=O)c1c(C#N)ccc(I)c1C(F)(F)F. The van der Waals surface area contributed by atoms with Gasteiger partial charge in [-0.25, -0.2) is 4.79 Å². The van der Waals surface area contributed by atoms with E-state index in [1.807, 2.05) is 0 Å². The van der Waals surface area contributed by atoms with Gasteiger partial charge >= 0.3 is 12.1 Å². The number of nitriles is 1. The van der Waals surface area contributed by atoms with Gasteiger partial charge in [-0.15, -0.1) is 0 Å². The van der Waals surface area contributed by atoms with Gasteiger partial charge in [0.05, 0.1) is 23.8 Å². The van der Waals surface area contributed by atoms with Crippen molar-refractivity contribution in [2.45, 2.75) is 6.18 Å². The molecular formula is C10H5F3INO2. The van der Waals surface area contributed by atoms with Crippen LogP contribution in [0.3, 0.4) is 0 Å². The fourth-order valence-electron chi connectivity index (χ4n) is 1.26. The third-order valence-corrected chi connectivity index (χ3v) is 2.85. The van der Waals surface area contributed by atoms with Gasteiger partial charge in [-0.05, 0) is 34.7 Å². The molecule has 0 N–H and O–H groups in total. The number of methoxy groups -OCH3 is 1. The minimum absolute atomic E-state index is 0.158. The van der Waals surface area contributed by atoms with Gasteiger partial charge in [-0.1, -0.05) is 0 Å². The number of hydrogen-bond acceptors (Lipinski definition) is 3. The Kier molecular flexibility index (Phi) is 3.98. The summed E-state index contributed by atoms with van der Waals surface area (Å²) in [6, 6.07) is 3.84. The molecule has 0 aromatic heterocycles. The van der Waals surface area contributed by atoms with Crippen molar-refractivity contribution in [2.75, 3.05) is 7.11 Å². The third kappa shape index (κ3) is 2.69. The number of alkyl halides is 3. The van der Waals surface area contributed by atoms with Crippen LogP contribution in [-0.4, -0.2) is 13.1 Å². The van der Waals surface area contributed by atoms with E-state index in [9.17, 15) is 18.0 Å². The highest BCUT2D eigenvalue weighted by Crippen LogP contribution is 2.37. The monoisotopic (exact) mass is 355 g/mol. The van der Waals surface area contributed by atoms with Crippen molar-refractivity contribution in [3.63, 3.8) is 0 Å². The van der Waals surface area contributed by atoms with E-state index in [4.69, 9.17) is 5.26 Å². The largest absolute Gasteiger partial charge is 0.465 e. The second kappa shape index (κ2) is 4.91. The van der Waals surface area contributed by atoms with Crippen molar-refractivity contribution < 1.29 is 22.7 Å². The molecule has 0 unspecified atom stereocenters. The number of carbonyl (C=O) groups excluding carboxylic acids is 1. The van der Waals surface area contributed by atoms with Crippen molar-refractivity contribution in [1.82, 2.24) is 0 Å². The van der Waals surface area contributed by atoms with Crippen LogP contribution in [0.4, 0.5) is 13.2 Å². The average Bonchev–Trinajstić information content (AvgIpc) is 2.25. The van der Waals surface area contributed by atoms with E-state index in [-0.39, 0.29) is 9.13 Å². The molecule has 0 aliphatic carbocycles. The minimum Gasteiger partial charge on any atom is -0.465 e. The second-order valence-electron chi connectivity index (χ2n) is 2.95. The van der Waals surface area contributed by atoms with Crippen molar-refractivity contribution in [3.8, 4) is 6.07 Å². The standard InChI is InChI=1S/C10H5F3INO2/c1-17-9(16)7-5(4-15)2-3-6(14)8(7)10(11,12)13/h2-3H,1H3. The van der Waals surface area contributed by atoms with Crippen molar-refractivity contribution in [3.05, 3.63) is 32.4 Å². The normalized spacial score (nSPS) is 10.8. The lowest BCUT2D eigenvalue weighted by Crippen LogP contribution is -2.17. The molecule has 90 valence electrons. The summed E-state index contributed by atoms with van der Waals surface area (Å²) in [7, 11) is 0.962. The van der Waals surface area contributed by atoms with E-state index in [1.165, 1.54) is 22.6 Å². The molecule has 0 amide bonds. The van der Waals surface area contributed by atoms with Crippen LogP contribution in [0.5, 0.6) is 0 Å². The zero-order valence-electron chi connectivity index (χ0n) is 8.43. The van der Waals surface area contributed by atoms with E-state index in [1.54, 1.807) is 6.07 Å². The molecule has 0 fully saturated rings. The summed E-state index contributed by atoms with van der Waals surface area (Å²) in [6.07, 6.45) is -4.72. The van der Waals surface area contributed by atoms with E-state index >= 15 is 0 Å². The lowest BCUT2D eigenvalue weighted by Gasteiger charge is -2.14. The van der Waals surface area contributed by atoms with Crippen LogP contribution in [0.2, 0.25) is 0 Å². The van der Waals surface area contributed by atoms with Gasteiger partial charge in [0.15, 0.2) is 0 Å². The Labute approximate surface area is 108 Å². The van der Waals surface area contributed by atoms with E-state index in [2.05, 4.69) is 4.74 Å². The molecule has 0 saturated carbocycles. The van der Waals surface area contributed by atoms with Crippen LogP contribution in [0.15, 0.2) is 12.1 Å². The van der Waals surface area contributed by atoms with E-state index in [0.717, 1.165) is 19.2 Å². The first kappa shape index (κ1) is 13.8.